The van der Waals surface area contributed by atoms with Crippen molar-refractivity contribution >= 4 is 5.91 Å². The number of likely N-dealkylation sites (tertiary alicyclic amines) is 1. The molecule has 1 fully saturated rings. The number of hydrogen-bond donors (Lipinski definition) is 5. The molecule has 1 heterocycles. The molecule has 1 aliphatic heterocycles. The standard InChI is InChI=1S/C14H23F3N2O5/c1-2-18-13(24)9-11(22)12(23)10(21)8(7-20)19(9)6-4-3-5-14(15,16)17/h3,5,8-12,20-23H,2,4,6-7H2,1H3,(H,18,24)/b5-3-. The first-order valence-corrected chi connectivity index (χ1v) is 7.57. The number of nitrogens with zero attached hydrogens (tertiary/aromatic N) is 1. The van der Waals surface area contributed by atoms with Gasteiger partial charge in [0.1, 0.15) is 24.4 Å². The normalized spacial score (nSPS) is 32.2. The second-order valence-corrected chi connectivity index (χ2v) is 5.53. The van der Waals surface area contributed by atoms with Crippen LogP contribution in [0.25, 0.3) is 0 Å². The highest BCUT2D eigenvalue weighted by molar-refractivity contribution is 5.82. The average Bonchev–Trinajstić information content (AvgIpc) is 2.48. The number of likely N-dealkylation sites (N-methyl/N-ethyl adjacent to an activating group) is 1. The Hall–Kier alpha value is -1.20. The smallest absolute Gasteiger partial charge is 0.395 e. The van der Waals surface area contributed by atoms with Crippen molar-refractivity contribution in [3.8, 4) is 0 Å². The summed E-state index contributed by atoms with van der Waals surface area (Å²) in [5.74, 6) is -0.644. The van der Waals surface area contributed by atoms with Crippen molar-refractivity contribution < 1.29 is 38.4 Å². The van der Waals surface area contributed by atoms with E-state index in [9.17, 15) is 38.4 Å². The molecular weight excluding hydrogens is 333 g/mol. The summed E-state index contributed by atoms with van der Waals surface area (Å²) in [7, 11) is 0. The maximum Gasteiger partial charge on any atom is 0.409 e. The van der Waals surface area contributed by atoms with Crippen molar-refractivity contribution in [2.75, 3.05) is 19.7 Å². The third kappa shape index (κ3) is 5.15. The predicted molar refractivity (Wildman–Crippen MR) is 77.9 cm³/mol. The Morgan fingerprint density at radius 1 is 1.21 bits per heavy atom. The Morgan fingerprint density at radius 2 is 1.83 bits per heavy atom. The summed E-state index contributed by atoms with van der Waals surface area (Å²) < 4.78 is 36.4. The van der Waals surface area contributed by atoms with E-state index in [2.05, 4.69) is 5.32 Å². The zero-order chi connectivity index (χ0) is 18.5. The Balaban J connectivity index is 2.96. The second kappa shape index (κ2) is 8.77. The van der Waals surface area contributed by atoms with Crippen LogP contribution in [0.5, 0.6) is 0 Å². The average molecular weight is 356 g/mol. The number of carbonyl (C=O) groups excluding carboxylic acids is 1. The van der Waals surface area contributed by atoms with Gasteiger partial charge in [0.25, 0.3) is 0 Å². The lowest BCUT2D eigenvalue weighted by Gasteiger charge is -2.47. The van der Waals surface area contributed by atoms with Crippen LogP contribution in [-0.2, 0) is 4.79 Å². The number of nitrogens with one attached hydrogen (secondary N) is 1. The molecular formula is C14H23F3N2O5. The first kappa shape index (κ1) is 20.8. The first-order valence-electron chi connectivity index (χ1n) is 7.57. The van der Waals surface area contributed by atoms with Gasteiger partial charge in [-0.25, -0.2) is 0 Å². The molecule has 0 radical (unpaired) electrons. The van der Waals surface area contributed by atoms with Gasteiger partial charge in [0, 0.05) is 19.2 Å². The van der Waals surface area contributed by atoms with E-state index in [0.29, 0.717) is 0 Å². The number of aliphatic hydroxyl groups excluding tert-OH is 4. The molecule has 10 heteroatoms. The van der Waals surface area contributed by atoms with Crippen LogP contribution < -0.4 is 5.32 Å². The first-order chi connectivity index (χ1) is 11.1. The van der Waals surface area contributed by atoms with E-state index < -0.39 is 49.1 Å². The molecule has 0 aromatic heterocycles. The fourth-order valence-electron chi connectivity index (χ4n) is 2.76. The lowest BCUT2D eigenvalue weighted by atomic mass is 9.87. The third-order valence-electron chi connectivity index (χ3n) is 3.87. The van der Waals surface area contributed by atoms with E-state index >= 15 is 0 Å². The molecule has 0 spiro atoms. The fourth-order valence-corrected chi connectivity index (χ4v) is 2.76. The van der Waals surface area contributed by atoms with E-state index in [1.165, 1.54) is 4.90 Å². The van der Waals surface area contributed by atoms with Crippen LogP contribution in [0.1, 0.15) is 13.3 Å². The van der Waals surface area contributed by atoms with Crippen LogP contribution in [-0.4, -0.2) is 87.5 Å². The predicted octanol–water partition coefficient (Wildman–Crippen LogP) is -1.24. The minimum atomic E-state index is -4.47. The van der Waals surface area contributed by atoms with Crippen LogP contribution in [0.15, 0.2) is 12.2 Å². The molecule has 1 amide bonds. The van der Waals surface area contributed by atoms with Gasteiger partial charge in [0.2, 0.25) is 5.91 Å². The van der Waals surface area contributed by atoms with Crippen molar-refractivity contribution in [2.24, 2.45) is 0 Å². The SMILES string of the molecule is CCNC(=O)C1C(O)C(O)C(O)C(CO)N1CC/C=C\C(F)(F)F. The molecule has 0 aromatic carbocycles. The maximum atomic E-state index is 12.1. The number of rotatable bonds is 6. The van der Waals surface area contributed by atoms with Gasteiger partial charge in [0.05, 0.1) is 12.6 Å². The van der Waals surface area contributed by atoms with Crippen LogP contribution in [0.3, 0.4) is 0 Å². The number of carbonyl (C=O) groups is 1. The topological polar surface area (TPSA) is 113 Å². The van der Waals surface area contributed by atoms with Gasteiger partial charge in [-0.05, 0) is 13.3 Å². The largest absolute Gasteiger partial charge is 0.409 e. The monoisotopic (exact) mass is 356 g/mol. The van der Waals surface area contributed by atoms with Gasteiger partial charge < -0.3 is 25.7 Å². The summed E-state index contributed by atoms with van der Waals surface area (Å²) >= 11 is 0. The van der Waals surface area contributed by atoms with Crippen molar-refractivity contribution in [1.82, 2.24) is 10.2 Å². The Kier molecular flexibility index (Phi) is 7.61. The minimum Gasteiger partial charge on any atom is -0.395 e. The van der Waals surface area contributed by atoms with E-state index in [1.54, 1.807) is 6.92 Å². The van der Waals surface area contributed by atoms with Crippen molar-refractivity contribution in [2.45, 2.75) is 49.9 Å². The number of amides is 1. The lowest BCUT2D eigenvalue weighted by molar-refractivity contribution is -0.178. The Labute approximate surface area is 137 Å². The number of alkyl halides is 3. The summed E-state index contributed by atoms with van der Waals surface area (Å²) in [6.07, 6.45) is -8.52. The summed E-state index contributed by atoms with van der Waals surface area (Å²) in [6.45, 7) is 1.12. The number of allylic oxidation sites excluding steroid dienone is 1. The molecule has 5 N–H and O–H groups in total. The summed E-state index contributed by atoms with van der Waals surface area (Å²) in [5, 5.41) is 41.8. The van der Waals surface area contributed by atoms with Crippen LogP contribution in [0.4, 0.5) is 13.2 Å². The van der Waals surface area contributed by atoms with Crippen molar-refractivity contribution in [3.63, 3.8) is 0 Å². The third-order valence-corrected chi connectivity index (χ3v) is 3.87. The molecule has 1 saturated heterocycles. The number of hydrogen-bond acceptors (Lipinski definition) is 6. The van der Waals surface area contributed by atoms with Crippen LogP contribution in [0, 0.1) is 0 Å². The molecule has 0 saturated carbocycles. The highest BCUT2D eigenvalue weighted by atomic mass is 19.4. The van der Waals surface area contributed by atoms with E-state index in [0.717, 1.165) is 6.08 Å². The molecule has 5 atom stereocenters. The molecule has 1 aliphatic rings. The van der Waals surface area contributed by atoms with Gasteiger partial charge in [0.15, 0.2) is 0 Å². The van der Waals surface area contributed by atoms with E-state index in [4.69, 9.17) is 0 Å². The highest BCUT2D eigenvalue weighted by Gasteiger charge is 2.49. The zero-order valence-electron chi connectivity index (χ0n) is 13.1. The molecule has 140 valence electrons. The van der Waals surface area contributed by atoms with Crippen molar-refractivity contribution in [1.29, 1.82) is 0 Å². The van der Waals surface area contributed by atoms with Crippen LogP contribution >= 0.6 is 0 Å². The van der Waals surface area contributed by atoms with Gasteiger partial charge in [-0.1, -0.05) is 6.08 Å². The molecule has 0 aliphatic carbocycles. The highest BCUT2D eigenvalue weighted by Crippen LogP contribution is 2.25. The van der Waals surface area contributed by atoms with Gasteiger partial charge in [-0.15, -0.1) is 0 Å². The Bertz CT molecular complexity index is 447. The molecule has 24 heavy (non-hydrogen) atoms. The van der Waals surface area contributed by atoms with Crippen LogP contribution in [0.2, 0.25) is 0 Å². The van der Waals surface area contributed by atoms with E-state index in [-0.39, 0.29) is 25.6 Å². The molecule has 5 unspecified atom stereocenters. The summed E-state index contributed by atoms with van der Waals surface area (Å²) in [6, 6.07) is -2.38. The zero-order valence-corrected chi connectivity index (χ0v) is 13.1. The molecule has 7 nitrogen and oxygen atoms in total. The number of aliphatic hydroxyl groups is 4. The minimum absolute atomic E-state index is 0.0493. The maximum absolute atomic E-state index is 12.1. The summed E-state index contributed by atoms with van der Waals surface area (Å²) in [5.41, 5.74) is 0. The van der Waals surface area contributed by atoms with Gasteiger partial charge in [-0.3, -0.25) is 9.69 Å². The fraction of sp³-hybridized carbons (Fsp3) is 0.786. The van der Waals surface area contributed by atoms with Gasteiger partial charge in [-0.2, -0.15) is 13.2 Å². The van der Waals surface area contributed by atoms with E-state index in [1.807, 2.05) is 0 Å². The second-order valence-electron chi connectivity index (χ2n) is 5.53. The molecule has 0 aromatic rings. The molecule has 1 rings (SSSR count). The molecule has 0 bridgehead atoms. The lowest BCUT2D eigenvalue weighted by Crippen LogP contribution is -2.70. The number of halogens is 3. The van der Waals surface area contributed by atoms with Crippen molar-refractivity contribution in [3.05, 3.63) is 12.2 Å². The van der Waals surface area contributed by atoms with Gasteiger partial charge >= 0.3 is 6.18 Å². The Morgan fingerprint density at radius 3 is 2.33 bits per heavy atom. The number of piperidine rings is 1. The summed E-state index contributed by atoms with van der Waals surface area (Å²) in [4.78, 5) is 13.4. The quantitative estimate of drug-likeness (QED) is 0.381.